The Bertz CT molecular complexity index is 715. The minimum Gasteiger partial charge on any atom is -0.488 e. The first-order chi connectivity index (χ1) is 10.5. The van der Waals surface area contributed by atoms with Crippen molar-refractivity contribution in [1.82, 2.24) is 0 Å². The predicted molar refractivity (Wildman–Crippen MR) is 81.6 cm³/mol. The van der Waals surface area contributed by atoms with E-state index in [-0.39, 0.29) is 12.2 Å². The van der Waals surface area contributed by atoms with Crippen LogP contribution < -0.4 is 4.74 Å². The van der Waals surface area contributed by atoms with Crippen molar-refractivity contribution < 1.29 is 23.5 Å². The zero-order valence-electron chi connectivity index (χ0n) is 11.6. The number of ether oxygens (including phenoxy) is 2. The van der Waals surface area contributed by atoms with Crippen molar-refractivity contribution in [2.75, 3.05) is 7.11 Å². The Morgan fingerprint density at radius 2 is 2.05 bits per heavy atom. The second kappa shape index (κ2) is 7.17. The Hall–Kier alpha value is -2.21. The van der Waals surface area contributed by atoms with E-state index in [0.717, 1.165) is 10.5 Å². The van der Waals surface area contributed by atoms with Crippen molar-refractivity contribution in [1.29, 1.82) is 0 Å². The molecule has 2 rings (SSSR count). The zero-order chi connectivity index (χ0) is 16.1. The number of benzene rings is 2. The van der Waals surface area contributed by atoms with E-state index in [2.05, 4.69) is 20.7 Å². The average Bonchev–Trinajstić information content (AvgIpc) is 2.53. The summed E-state index contributed by atoms with van der Waals surface area (Å²) in [6, 6.07) is 8.75. The second-order valence-electron chi connectivity index (χ2n) is 4.38. The number of halogens is 2. The van der Waals surface area contributed by atoms with Gasteiger partial charge in [-0.2, -0.15) is 0 Å². The summed E-state index contributed by atoms with van der Waals surface area (Å²) in [4.78, 5) is 22.7. The molecule has 0 bridgehead atoms. The maximum atomic E-state index is 13.3. The van der Waals surface area contributed by atoms with Crippen LogP contribution in [-0.4, -0.2) is 19.4 Å². The maximum absolute atomic E-state index is 13.3. The fraction of sp³-hybridized carbons (Fsp3) is 0.125. The topological polar surface area (TPSA) is 52.6 Å². The minimum absolute atomic E-state index is 0.00713. The molecular formula is C16H12BrFO4. The molecule has 0 saturated carbocycles. The molecule has 0 saturated heterocycles. The Labute approximate surface area is 135 Å². The lowest BCUT2D eigenvalue weighted by Crippen LogP contribution is -2.09. The largest absolute Gasteiger partial charge is 0.488 e. The van der Waals surface area contributed by atoms with Gasteiger partial charge in [0.05, 0.1) is 18.2 Å². The van der Waals surface area contributed by atoms with Gasteiger partial charge in [0, 0.05) is 10.0 Å². The normalized spacial score (nSPS) is 10.1. The molecule has 0 atom stereocenters. The van der Waals surface area contributed by atoms with Crippen LogP contribution in [0.2, 0.25) is 0 Å². The van der Waals surface area contributed by atoms with E-state index in [1.54, 1.807) is 18.2 Å². The summed E-state index contributed by atoms with van der Waals surface area (Å²) in [5.41, 5.74) is 0.927. The van der Waals surface area contributed by atoms with E-state index in [9.17, 15) is 14.0 Å². The van der Waals surface area contributed by atoms with Gasteiger partial charge in [-0.25, -0.2) is 9.18 Å². The predicted octanol–water partition coefficient (Wildman–Crippen LogP) is 3.77. The van der Waals surface area contributed by atoms with Crippen LogP contribution in [0.5, 0.6) is 5.75 Å². The van der Waals surface area contributed by atoms with E-state index in [0.29, 0.717) is 23.2 Å². The summed E-state index contributed by atoms with van der Waals surface area (Å²) in [5.74, 6) is -0.816. The lowest BCUT2D eigenvalue weighted by molar-refractivity contribution is 0.0597. The summed E-state index contributed by atoms with van der Waals surface area (Å²) in [7, 11) is 1.22. The SMILES string of the molecule is COC(=O)c1cc(F)ccc1COc1ccc(Br)cc1C=O. The molecule has 0 aliphatic rings. The average molecular weight is 367 g/mol. The quantitative estimate of drug-likeness (QED) is 0.597. The standard InChI is InChI=1S/C16H12BrFO4/c1-21-16(20)14-7-13(18)4-2-10(14)9-22-15-5-3-12(17)6-11(15)8-19/h2-8H,9H2,1H3. The number of esters is 1. The maximum Gasteiger partial charge on any atom is 0.338 e. The van der Waals surface area contributed by atoms with E-state index in [1.165, 1.54) is 19.2 Å². The molecule has 0 aromatic heterocycles. The zero-order valence-corrected chi connectivity index (χ0v) is 13.2. The number of aldehydes is 1. The first-order valence-corrected chi connectivity index (χ1v) is 7.08. The molecule has 0 radical (unpaired) electrons. The van der Waals surface area contributed by atoms with Crippen molar-refractivity contribution in [3.8, 4) is 5.75 Å². The summed E-state index contributed by atoms with van der Waals surface area (Å²) >= 11 is 3.26. The van der Waals surface area contributed by atoms with Gasteiger partial charge in [0.25, 0.3) is 0 Å². The van der Waals surface area contributed by atoms with E-state index >= 15 is 0 Å². The van der Waals surface area contributed by atoms with E-state index < -0.39 is 11.8 Å². The highest BCUT2D eigenvalue weighted by molar-refractivity contribution is 9.10. The fourth-order valence-corrected chi connectivity index (χ4v) is 2.25. The molecule has 0 N–H and O–H groups in total. The number of methoxy groups -OCH3 is 1. The lowest BCUT2D eigenvalue weighted by atomic mass is 10.1. The molecule has 0 amide bonds. The molecule has 2 aromatic carbocycles. The van der Waals surface area contributed by atoms with Crippen LogP contribution in [0, 0.1) is 5.82 Å². The fourth-order valence-electron chi connectivity index (χ4n) is 1.87. The summed E-state index contributed by atoms with van der Waals surface area (Å²) < 4.78 is 24.2. The molecule has 0 aliphatic carbocycles. The van der Waals surface area contributed by atoms with Crippen LogP contribution >= 0.6 is 15.9 Å². The molecule has 22 heavy (non-hydrogen) atoms. The molecular weight excluding hydrogens is 355 g/mol. The van der Waals surface area contributed by atoms with Gasteiger partial charge in [0.15, 0.2) is 6.29 Å². The Balaban J connectivity index is 2.25. The Morgan fingerprint density at radius 3 is 2.73 bits per heavy atom. The van der Waals surface area contributed by atoms with Crippen LogP contribution in [0.1, 0.15) is 26.3 Å². The molecule has 0 heterocycles. The van der Waals surface area contributed by atoms with Crippen molar-refractivity contribution in [2.45, 2.75) is 6.61 Å². The second-order valence-corrected chi connectivity index (χ2v) is 5.30. The van der Waals surface area contributed by atoms with Crippen molar-refractivity contribution >= 4 is 28.2 Å². The number of rotatable bonds is 5. The Kier molecular flexibility index (Phi) is 5.27. The number of hydrogen-bond donors (Lipinski definition) is 0. The van der Waals surface area contributed by atoms with Gasteiger partial charge in [0.1, 0.15) is 18.2 Å². The van der Waals surface area contributed by atoms with E-state index in [4.69, 9.17) is 4.74 Å². The molecule has 114 valence electrons. The molecule has 0 aliphatic heterocycles. The van der Waals surface area contributed by atoms with Crippen molar-refractivity contribution in [3.05, 3.63) is 63.4 Å². The molecule has 0 spiro atoms. The molecule has 4 nitrogen and oxygen atoms in total. The highest BCUT2D eigenvalue weighted by atomic mass is 79.9. The Morgan fingerprint density at radius 1 is 1.27 bits per heavy atom. The van der Waals surface area contributed by atoms with Gasteiger partial charge >= 0.3 is 5.97 Å². The molecule has 2 aromatic rings. The van der Waals surface area contributed by atoms with Crippen molar-refractivity contribution in [2.24, 2.45) is 0 Å². The number of carbonyl (C=O) groups is 2. The summed E-state index contributed by atoms with van der Waals surface area (Å²) in [5, 5.41) is 0. The third kappa shape index (κ3) is 3.71. The summed E-state index contributed by atoms with van der Waals surface area (Å²) in [6.07, 6.45) is 0.673. The molecule has 6 heteroatoms. The monoisotopic (exact) mass is 366 g/mol. The van der Waals surface area contributed by atoms with Gasteiger partial charge in [-0.1, -0.05) is 22.0 Å². The van der Waals surface area contributed by atoms with Crippen molar-refractivity contribution in [3.63, 3.8) is 0 Å². The van der Waals surface area contributed by atoms with Crippen LogP contribution in [0.25, 0.3) is 0 Å². The number of carbonyl (C=O) groups excluding carboxylic acids is 2. The van der Waals surface area contributed by atoms with Crippen LogP contribution in [-0.2, 0) is 11.3 Å². The highest BCUT2D eigenvalue weighted by Crippen LogP contribution is 2.23. The van der Waals surface area contributed by atoms with Gasteiger partial charge in [0.2, 0.25) is 0 Å². The number of hydrogen-bond acceptors (Lipinski definition) is 4. The third-order valence-corrected chi connectivity index (χ3v) is 3.45. The third-order valence-electron chi connectivity index (χ3n) is 2.96. The smallest absolute Gasteiger partial charge is 0.338 e. The first kappa shape index (κ1) is 16.2. The highest BCUT2D eigenvalue weighted by Gasteiger charge is 2.14. The molecule has 0 fully saturated rings. The van der Waals surface area contributed by atoms with Gasteiger partial charge in [-0.05, 0) is 30.3 Å². The van der Waals surface area contributed by atoms with Crippen LogP contribution in [0.3, 0.4) is 0 Å². The van der Waals surface area contributed by atoms with Crippen LogP contribution in [0.15, 0.2) is 40.9 Å². The molecule has 0 unspecified atom stereocenters. The first-order valence-electron chi connectivity index (χ1n) is 6.29. The summed E-state index contributed by atoms with van der Waals surface area (Å²) in [6.45, 7) is 0.00713. The van der Waals surface area contributed by atoms with Gasteiger partial charge in [-0.3, -0.25) is 4.79 Å². The van der Waals surface area contributed by atoms with Crippen LogP contribution in [0.4, 0.5) is 4.39 Å². The lowest BCUT2D eigenvalue weighted by Gasteiger charge is -2.11. The van der Waals surface area contributed by atoms with Gasteiger partial charge < -0.3 is 9.47 Å². The minimum atomic E-state index is -0.649. The van der Waals surface area contributed by atoms with Gasteiger partial charge in [-0.15, -0.1) is 0 Å². The van der Waals surface area contributed by atoms with E-state index in [1.807, 2.05) is 0 Å².